The minimum Gasteiger partial charge on any atom is -0.618 e. The number of hydrogen-bond donors (Lipinski definition) is 0. The molecule has 0 fully saturated rings. The Kier molecular flexibility index (Phi) is 2.61. The number of non-ortho nitro benzene ring substituents is 2. The van der Waals surface area contributed by atoms with Crippen LogP contribution in [0.15, 0.2) is 36.4 Å². The molecule has 1 heterocycles. The molecule has 0 saturated carbocycles. The number of rotatable bonds is 2. The number of nitrogens with zero attached hydrogens (tertiary/aromatic N) is 4. The van der Waals surface area contributed by atoms with Crippen molar-refractivity contribution in [2.24, 2.45) is 0 Å². The van der Waals surface area contributed by atoms with E-state index in [1.807, 2.05) is 0 Å². The third kappa shape index (κ3) is 1.87. The first-order valence-electron chi connectivity index (χ1n) is 5.74. The molecule has 0 unspecified atom stereocenters. The van der Waals surface area contributed by atoms with Gasteiger partial charge in [0.1, 0.15) is 5.52 Å². The number of aromatic nitrogens is 2. The average Bonchev–Trinajstić information content (AvgIpc) is 2.46. The molecule has 0 spiro atoms. The topological polar surface area (TPSA) is 126 Å². The quantitative estimate of drug-likeness (QED) is 0.232. The Labute approximate surface area is 115 Å². The maximum Gasteiger partial charge on any atom is 0.301 e. The Morgan fingerprint density at radius 2 is 1.76 bits per heavy atom. The van der Waals surface area contributed by atoms with Crippen LogP contribution in [-0.4, -0.2) is 14.8 Å². The largest absolute Gasteiger partial charge is 0.618 e. The van der Waals surface area contributed by atoms with Crippen LogP contribution >= 0.6 is 0 Å². The van der Waals surface area contributed by atoms with Crippen LogP contribution in [-0.2, 0) is 0 Å². The normalized spacial score (nSPS) is 10.9. The SMILES string of the molecule is O=[N+]([O-])c1ccc2nc3c([N+](=O)[O-])cccc3[n+]([O-])c2c1. The number of para-hydroxylation sites is 1. The molecule has 104 valence electrons. The predicted octanol–water partition coefficient (Wildman–Crippen LogP) is 1.84. The molecule has 0 saturated heterocycles. The molecular formula is C12H6N4O5. The standard InChI is InChI=1S/C12H6N4O5/c17-14-9-2-1-3-10(16(20)21)12(9)13-8-5-4-7(15(18)19)6-11(8)14/h1-6H. The third-order valence-electron chi connectivity index (χ3n) is 3.03. The average molecular weight is 286 g/mol. The first-order valence-corrected chi connectivity index (χ1v) is 5.74. The molecular weight excluding hydrogens is 280 g/mol. The van der Waals surface area contributed by atoms with Crippen molar-refractivity contribution in [1.29, 1.82) is 0 Å². The highest BCUT2D eigenvalue weighted by molar-refractivity contribution is 5.88. The van der Waals surface area contributed by atoms with Crippen LogP contribution in [0.4, 0.5) is 11.4 Å². The maximum atomic E-state index is 12.3. The lowest BCUT2D eigenvalue weighted by Gasteiger charge is -2.05. The second-order valence-electron chi connectivity index (χ2n) is 4.24. The van der Waals surface area contributed by atoms with Gasteiger partial charge in [-0.3, -0.25) is 20.2 Å². The summed E-state index contributed by atoms with van der Waals surface area (Å²) in [5.41, 5.74) is -0.485. The van der Waals surface area contributed by atoms with Gasteiger partial charge >= 0.3 is 5.69 Å². The molecule has 0 aliphatic rings. The Morgan fingerprint density at radius 3 is 2.43 bits per heavy atom. The molecule has 0 aliphatic heterocycles. The monoisotopic (exact) mass is 286 g/mol. The fourth-order valence-electron chi connectivity index (χ4n) is 2.08. The molecule has 0 radical (unpaired) electrons. The summed E-state index contributed by atoms with van der Waals surface area (Å²) in [5, 5.41) is 34.0. The highest BCUT2D eigenvalue weighted by atomic mass is 16.6. The van der Waals surface area contributed by atoms with E-state index in [1.165, 1.54) is 30.3 Å². The van der Waals surface area contributed by atoms with Gasteiger partial charge in [-0.25, -0.2) is 4.98 Å². The van der Waals surface area contributed by atoms with E-state index in [9.17, 15) is 25.4 Å². The minimum atomic E-state index is -0.632. The van der Waals surface area contributed by atoms with Crippen LogP contribution in [0.25, 0.3) is 22.1 Å². The van der Waals surface area contributed by atoms with Crippen LogP contribution in [0, 0.1) is 25.4 Å². The number of benzene rings is 2. The molecule has 21 heavy (non-hydrogen) atoms. The van der Waals surface area contributed by atoms with E-state index in [1.54, 1.807) is 0 Å². The van der Waals surface area contributed by atoms with Crippen LogP contribution < -0.4 is 4.73 Å². The van der Waals surface area contributed by atoms with Crippen molar-refractivity contribution in [3.8, 4) is 0 Å². The number of nitro groups is 2. The molecule has 9 heteroatoms. The van der Waals surface area contributed by atoms with Gasteiger partial charge in [0, 0.05) is 18.2 Å². The Morgan fingerprint density at radius 1 is 1.00 bits per heavy atom. The third-order valence-corrected chi connectivity index (χ3v) is 3.03. The first-order chi connectivity index (χ1) is 9.99. The van der Waals surface area contributed by atoms with Crippen LogP contribution in [0.2, 0.25) is 0 Å². The highest BCUT2D eigenvalue weighted by Gasteiger charge is 2.22. The van der Waals surface area contributed by atoms with Gasteiger partial charge in [-0.15, -0.1) is 0 Å². The molecule has 3 aromatic rings. The van der Waals surface area contributed by atoms with Crippen molar-refractivity contribution in [1.82, 2.24) is 4.98 Å². The van der Waals surface area contributed by atoms with Gasteiger partial charge in [0.2, 0.25) is 16.6 Å². The molecule has 0 N–H and O–H groups in total. The van der Waals surface area contributed by atoms with Crippen molar-refractivity contribution in [2.75, 3.05) is 0 Å². The molecule has 0 bridgehead atoms. The fraction of sp³-hybridized carbons (Fsp3) is 0. The summed E-state index contributed by atoms with van der Waals surface area (Å²) in [6.45, 7) is 0. The maximum absolute atomic E-state index is 12.3. The van der Waals surface area contributed by atoms with Crippen LogP contribution in [0.1, 0.15) is 0 Å². The fourth-order valence-corrected chi connectivity index (χ4v) is 2.08. The number of hydrogen-bond acceptors (Lipinski definition) is 6. The van der Waals surface area contributed by atoms with Gasteiger partial charge < -0.3 is 5.21 Å². The Bertz CT molecular complexity index is 921. The van der Waals surface area contributed by atoms with E-state index in [4.69, 9.17) is 0 Å². The van der Waals surface area contributed by atoms with Crippen molar-refractivity contribution in [2.45, 2.75) is 0 Å². The lowest BCUT2D eigenvalue weighted by molar-refractivity contribution is -0.548. The van der Waals surface area contributed by atoms with E-state index in [2.05, 4.69) is 4.98 Å². The van der Waals surface area contributed by atoms with E-state index in [0.29, 0.717) is 4.73 Å². The van der Waals surface area contributed by atoms with Crippen LogP contribution in [0.3, 0.4) is 0 Å². The van der Waals surface area contributed by atoms with E-state index < -0.39 is 9.85 Å². The second kappa shape index (κ2) is 4.34. The summed E-state index contributed by atoms with van der Waals surface area (Å²) in [5.74, 6) is 0. The summed E-state index contributed by atoms with van der Waals surface area (Å²) in [7, 11) is 0. The predicted molar refractivity (Wildman–Crippen MR) is 71.5 cm³/mol. The van der Waals surface area contributed by atoms with Crippen molar-refractivity contribution >= 4 is 33.4 Å². The van der Waals surface area contributed by atoms with Gasteiger partial charge in [-0.1, -0.05) is 0 Å². The molecule has 1 aromatic heterocycles. The van der Waals surface area contributed by atoms with Crippen LogP contribution in [0.5, 0.6) is 0 Å². The number of fused-ring (bicyclic) bond motifs is 2. The second-order valence-corrected chi connectivity index (χ2v) is 4.24. The zero-order chi connectivity index (χ0) is 15.1. The lowest BCUT2D eigenvalue weighted by Crippen LogP contribution is -2.29. The summed E-state index contributed by atoms with van der Waals surface area (Å²) >= 11 is 0. The van der Waals surface area contributed by atoms with Crippen molar-refractivity contribution in [3.63, 3.8) is 0 Å². The van der Waals surface area contributed by atoms with Gasteiger partial charge in [-0.05, 0) is 12.1 Å². The molecule has 2 aromatic carbocycles. The molecule has 0 aliphatic carbocycles. The molecule has 3 rings (SSSR count). The van der Waals surface area contributed by atoms with Crippen molar-refractivity contribution in [3.05, 3.63) is 61.8 Å². The molecule has 0 atom stereocenters. The summed E-state index contributed by atoms with van der Waals surface area (Å²) in [6.07, 6.45) is 0. The zero-order valence-electron chi connectivity index (χ0n) is 10.3. The first kappa shape index (κ1) is 12.7. The lowest BCUT2D eigenvalue weighted by atomic mass is 10.2. The van der Waals surface area contributed by atoms with E-state index in [0.717, 1.165) is 6.07 Å². The smallest absolute Gasteiger partial charge is 0.301 e. The summed E-state index contributed by atoms with van der Waals surface area (Å²) in [6, 6.07) is 7.55. The van der Waals surface area contributed by atoms with Crippen molar-refractivity contribution < 1.29 is 14.6 Å². The minimum absolute atomic E-state index is 0.0165. The molecule has 0 amide bonds. The Balaban J connectivity index is 2.46. The van der Waals surface area contributed by atoms with Gasteiger partial charge in [-0.2, -0.15) is 4.73 Å². The number of nitro benzene ring substituents is 2. The van der Waals surface area contributed by atoms with Gasteiger partial charge in [0.15, 0.2) is 0 Å². The highest BCUT2D eigenvalue weighted by Crippen LogP contribution is 2.25. The zero-order valence-corrected chi connectivity index (χ0v) is 10.3. The summed E-state index contributed by atoms with van der Waals surface area (Å²) in [4.78, 5) is 24.5. The Hall–Kier alpha value is -3.36. The van der Waals surface area contributed by atoms with Gasteiger partial charge in [0.05, 0.1) is 15.9 Å². The molecule has 9 nitrogen and oxygen atoms in total. The van der Waals surface area contributed by atoms with E-state index in [-0.39, 0.29) is 33.4 Å². The summed E-state index contributed by atoms with van der Waals surface area (Å²) < 4.78 is 0.414. The van der Waals surface area contributed by atoms with E-state index >= 15 is 0 Å². The van der Waals surface area contributed by atoms with Gasteiger partial charge in [0.25, 0.3) is 5.69 Å².